The number of hydrogen-bond donors (Lipinski definition) is 3. The number of piperidine rings is 1. The molecule has 0 bridgehead atoms. The van der Waals surface area contributed by atoms with Crippen molar-refractivity contribution < 1.29 is 9.59 Å². The molecule has 1 fully saturated rings. The van der Waals surface area contributed by atoms with Crippen molar-refractivity contribution in [3.8, 4) is 0 Å². The minimum Gasteiger partial charge on any atom is -0.383 e. The van der Waals surface area contributed by atoms with Gasteiger partial charge in [0.15, 0.2) is 0 Å². The first-order chi connectivity index (χ1) is 11.5. The minimum absolute atomic E-state index is 0.105. The molecule has 8 nitrogen and oxygen atoms in total. The molecule has 0 aromatic carbocycles. The van der Waals surface area contributed by atoms with E-state index in [9.17, 15) is 9.59 Å². The summed E-state index contributed by atoms with van der Waals surface area (Å²) in [4.78, 5) is 30.8. The Labute approximate surface area is 139 Å². The van der Waals surface area contributed by atoms with Gasteiger partial charge >= 0.3 is 11.8 Å². The molecule has 0 aliphatic carbocycles. The maximum absolute atomic E-state index is 12.6. The third-order valence-corrected chi connectivity index (χ3v) is 4.54. The SMILES string of the molecule is CC(C)[C@@H]1CCCCN1C(=O)C(=O)Nc1cnc(N)c2cn[nH]c12. The van der Waals surface area contributed by atoms with E-state index in [1.165, 1.54) is 12.4 Å². The third-order valence-electron chi connectivity index (χ3n) is 4.54. The van der Waals surface area contributed by atoms with Crippen LogP contribution in [-0.4, -0.2) is 44.5 Å². The number of pyridine rings is 1. The highest BCUT2D eigenvalue weighted by Gasteiger charge is 2.32. The first kappa shape index (κ1) is 16.2. The first-order valence-corrected chi connectivity index (χ1v) is 8.18. The molecule has 8 heteroatoms. The Morgan fingerprint density at radius 1 is 1.38 bits per heavy atom. The van der Waals surface area contributed by atoms with Crippen molar-refractivity contribution in [1.82, 2.24) is 20.1 Å². The number of aromatic nitrogens is 3. The number of nitrogens with two attached hydrogens (primary N) is 1. The van der Waals surface area contributed by atoms with E-state index >= 15 is 0 Å². The highest BCUT2D eigenvalue weighted by molar-refractivity contribution is 6.40. The van der Waals surface area contributed by atoms with Crippen molar-refractivity contribution in [3.63, 3.8) is 0 Å². The summed E-state index contributed by atoms with van der Waals surface area (Å²) in [6, 6.07) is 0.105. The summed E-state index contributed by atoms with van der Waals surface area (Å²) in [5.74, 6) is -0.526. The summed E-state index contributed by atoms with van der Waals surface area (Å²) < 4.78 is 0. The molecule has 1 atom stereocenters. The van der Waals surface area contributed by atoms with Crippen LogP contribution in [0.15, 0.2) is 12.4 Å². The topological polar surface area (TPSA) is 117 Å². The molecule has 3 rings (SSSR count). The van der Waals surface area contributed by atoms with Crippen LogP contribution in [0.3, 0.4) is 0 Å². The molecule has 1 aliphatic rings. The number of fused-ring (bicyclic) bond motifs is 1. The van der Waals surface area contributed by atoms with Crippen LogP contribution < -0.4 is 11.1 Å². The maximum Gasteiger partial charge on any atom is 0.314 e. The van der Waals surface area contributed by atoms with E-state index in [1.54, 1.807) is 4.90 Å². The zero-order valence-corrected chi connectivity index (χ0v) is 13.9. The van der Waals surface area contributed by atoms with Gasteiger partial charge < -0.3 is 16.0 Å². The maximum atomic E-state index is 12.6. The molecule has 1 aliphatic heterocycles. The number of carbonyl (C=O) groups excluding carboxylic acids is 2. The summed E-state index contributed by atoms with van der Waals surface area (Å²) in [6.07, 6.45) is 5.91. The smallest absolute Gasteiger partial charge is 0.314 e. The van der Waals surface area contributed by atoms with E-state index < -0.39 is 11.8 Å². The normalized spacial score (nSPS) is 18.1. The molecule has 1 saturated heterocycles. The van der Waals surface area contributed by atoms with Crippen LogP contribution in [-0.2, 0) is 9.59 Å². The number of carbonyl (C=O) groups is 2. The average molecular weight is 330 g/mol. The molecule has 2 aromatic heterocycles. The van der Waals surface area contributed by atoms with E-state index in [2.05, 4.69) is 34.3 Å². The summed E-state index contributed by atoms with van der Waals surface area (Å²) in [7, 11) is 0. The van der Waals surface area contributed by atoms with Gasteiger partial charge in [-0.15, -0.1) is 0 Å². The lowest BCUT2D eigenvalue weighted by Crippen LogP contribution is -2.50. The molecule has 0 radical (unpaired) electrons. The van der Waals surface area contributed by atoms with Crippen molar-refractivity contribution in [1.29, 1.82) is 0 Å². The van der Waals surface area contributed by atoms with E-state index in [1.807, 2.05) is 0 Å². The lowest BCUT2D eigenvalue weighted by Gasteiger charge is -2.37. The zero-order valence-electron chi connectivity index (χ0n) is 13.9. The van der Waals surface area contributed by atoms with Gasteiger partial charge in [0.2, 0.25) is 0 Å². The lowest BCUT2D eigenvalue weighted by molar-refractivity contribution is -0.146. The Kier molecular flexibility index (Phi) is 4.37. The minimum atomic E-state index is -0.662. The van der Waals surface area contributed by atoms with Crippen LogP contribution in [0, 0.1) is 5.92 Å². The van der Waals surface area contributed by atoms with Gasteiger partial charge in [-0.25, -0.2) is 4.98 Å². The molecule has 4 N–H and O–H groups in total. The van der Waals surface area contributed by atoms with Crippen LogP contribution in [0.4, 0.5) is 11.5 Å². The Morgan fingerprint density at radius 2 is 2.17 bits per heavy atom. The molecule has 0 unspecified atom stereocenters. The number of hydrogen-bond acceptors (Lipinski definition) is 5. The largest absolute Gasteiger partial charge is 0.383 e. The van der Waals surface area contributed by atoms with Crippen LogP contribution in [0.5, 0.6) is 0 Å². The van der Waals surface area contributed by atoms with Gasteiger partial charge in [-0.05, 0) is 25.2 Å². The van der Waals surface area contributed by atoms with Gasteiger partial charge in [0.05, 0.1) is 29.0 Å². The summed E-state index contributed by atoms with van der Waals surface area (Å²) >= 11 is 0. The van der Waals surface area contributed by atoms with E-state index in [4.69, 9.17) is 5.73 Å². The molecule has 2 aromatic rings. The Balaban J connectivity index is 1.79. The lowest BCUT2D eigenvalue weighted by atomic mass is 9.92. The van der Waals surface area contributed by atoms with Crippen molar-refractivity contribution in [3.05, 3.63) is 12.4 Å². The quantitative estimate of drug-likeness (QED) is 0.722. The number of rotatable bonds is 2. The predicted octanol–water partition coefficient (Wildman–Crippen LogP) is 1.52. The Hall–Kier alpha value is -2.64. The molecule has 3 heterocycles. The molecule has 0 saturated carbocycles. The van der Waals surface area contributed by atoms with Crippen molar-refractivity contribution >= 4 is 34.2 Å². The molecular formula is C16H22N6O2. The van der Waals surface area contributed by atoms with Gasteiger partial charge in [-0.3, -0.25) is 14.7 Å². The van der Waals surface area contributed by atoms with E-state index in [0.29, 0.717) is 34.9 Å². The van der Waals surface area contributed by atoms with Crippen LogP contribution in [0.2, 0.25) is 0 Å². The molecule has 0 spiro atoms. The number of anilines is 2. The average Bonchev–Trinajstić information content (AvgIpc) is 3.07. The summed E-state index contributed by atoms with van der Waals surface area (Å²) in [5.41, 5.74) is 6.72. The molecule has 128 valence electrons. The van der Waals surface area contributed by atoms with E-state index in [-0.39, 0.29) is 6.04 Å². The highest BCUT2D eigenvalue weighted by Crippen LogP contribution is 2.25. The number of H-pyrrole nitrogens is 1. The summed E-state index contributed by atoms with van der Waals surface area (Å²) in [6.45, 7) is 4.77. The third kappa shape index (κ3) is 2.91. The van der Waals surface area contributed by atoms with Crippen LogP contribution in [0.25, 0.3) is 10.9 Å². The predicted molar refractivity (Wildman–Crippen MR) is 91.1 cm³/mol. The Bertz CT molecular complexity index is 769. The molecule has 24 heavy (non-hydrogen) atoms. The van der Waals surface area contributed by atoms with Gasteiger partial charge in [0, 0.05) is 12.6 Å². The number of nitrogens with one attached hydrogen (secondary N) is 2. The molecular weight excluding hydrogens is 308 g/mol. The number of nitrogen functional groups attached to an aromatic ring is 1. The fourth-order valence-electron chi connectivity index (χ4n) is 3.26. The van der Waals surface area contributed by atoms with Crippen LogP contribution >= 0.6 is 0 Å². The Morgan fingerprint density at radius 3 is 2.92 bits per heavy atom. The zero-order chi connectivity index (χ0) is 17.3. The van der Waals surface area contributed by atoms with Gasteiger partial charge in [-0.2, -0.15) is 5.10 Å². The van der Waals surface area contributed by atoms with Crippen molar-refractivity contribution in [2.24, 2.45) is 5.92 Å². The number of likely N-dealkylation sites (tertiary alicyclic amines) is 1. The summed E-state index contributed by atoms with van der Waals surface area (Å²) in [5, 5.41) is 9.92. The monoisotopic (exact) mass is 330 g/mol. The first-order valence-electron chi connectivity index (χ1n) is 8.18. The van der Waals surface area contributed by atoms with E-state index in [0.717, 1.165) is 19.3 Å². The fraction of sp³-hybridized carbons (Fsp3) is 0.500. The van der Waals surface area contributed by atoms with Crippen LogP contribution in [0.1, 0.15) is 33.1 Å². The fourth-order valence-corrected chi connectivity index (χ4v) is 3.26. The highest BCUT2D eigenvalue weighted by atomic mass is 16.2. The second-order valence-corrected chi connectivity index (χ2v) is 6.48. The van der Waals surface area contributed by atoms with Crippen molar-refractivity contribution in [2.75, 3.05) is 17.6 Å². The standard InChI is InChI=1S/C16H22N6O2/c1-9(2)12-5-3-4-6-22(12)16(24)15(23)20-11-8-18-14(17)10-7-19-21-13(10)11/h7-9,12H,3-6H2,1-2H3,(H2,17,18)(H,19,21)(H,20,23)/t12-/m0/s1. The van der Waals surface area contributed by atoms with Gasteiger partial charge in [0.25, 0.3) is 0 Å². The second kappa shape index (κ2) is 6.46. The number of aromatic amines is 1. The number of nitrogens with zero attached hydrogens (tertiary/aromatic N) is 3. The molecule has 2 amide bonds. The number of amides is 2. The van der Waals surface area contributed by atoms with Gasteiger partial charge in [-0.1, -0.05) is 13.8 Å². The van der Waals surface area contributed by atoms with Gasteiger partial charge in [0.1, 0.15) is 5.82 Å². The second-order valence-electron chi connectivity index (χ2n) is 6.48. The van der Waals surface area contributed by atoms with Crippen molar-refractivity contribution in [2.45, 2.75) is 39.2 Å².